The number of amides is 1. The molecular weight excluding hydrogens is 218 g/mol. The molecule has 0 bridgehead atoms. The van der Waals surface area contributed by atoms with Crippen LogP contribution in [-0.4, -0.2) is 47.5 Å². The number of aryl methyl sites for hydroxylation is 1. The first-order valence-electron chi connectivity index (χ1n) is 5.66. The van der Waals surface area contributed by atoms with Crippen LogP contribution in [0.25, 0.3) is 0 Å². The number of hydrogen-bond donors (Lipinski definition) is 1. The standard InChI is InChI=1S/C11H17N5O/c1-8-13-9(12)6-10(14-8)16-5-3-4-15(2)11(17)7-16/h6H,3-5,7H2,1-2H3,(H2,12,13,14). The maximum Gasteiger partial charge on any atom is 0.241 e. The molecule has 17 heavy (non-hydrogen) atoms. The van der Waals surface area contributed by atoms with Crippen molar-refractivity contribution in [3.8, 4) is 0 Å². The summed E-state index contributed by atoms with van der Waals surface area (Å²) in [6.45, 7) is 3.75. The van der Waals surface area contributed by atoms with E-state index in [0.29, 0.717) is 18.2 Å². The zero-order chi connectivity index (χ0) is 12.4. The summed E-state index contributed by atoms with van der Waals surface area (Å²) in [7, 11) is 1.82. The fourth-order valence-electron chi connectivity index (χ4n) is 1.92. The lowest BCUT2D eigenvalue weighted by Gasteiger charge is -2.21. The van der Waals surface area contributed by atoms with Crippen molar-refractivity contribution in [2.24, 2.45) is 0 Å². The summed E-state index contributed by atoms with van der Waals surface area (Å²) in [5.41, 5.74) is 5.69. The topological polar surface area (TPSA) is 75.3 Å². The molecule has 1 amide bonds. The Hall–Kier alpha value is -1.85. The molecule has 6 heteroatoms. The van der Waals surface area contributed by atoms with Gasteiger partial charge in [0.05, 0.1) is 6.54 Å². The molecule has 1 aromatic heterocycles. The van der Waals surface area contributed by atoms with Crippen LogP contribution in [0.5, 0.6) is 0 Å². The molecule has 0 aromatic carbocycles. The minimum Gasteiger partial charge on any atom is -0.384 e. The second-order valence-electron chi connectivity index (χ2n) is 4.29. The van der Waals surface area contributed by atoms with E-state index in [1.165, 1.54) is 0 Å². The maximum atomic E-state index is 11.8. The van der Waals surface area contributed by atoms with Gasteiger partial charge in [0.2, 0.25) is 5.91 Å². The van der Waals surface area contributed by atoms with E-state index in [1.807, 2.05) is 11.9 Å². The summed E-state index contributed by atoms with van der Waals surface area (Å²) in [5, 5.41) is 0. The average molecular weight is 235 g/mol. The Morgan fingerprint density at radius 3 is 2.82 bits per heavy atom. The molecule has 1 aliphatic rings. The number of carbonyl (C=O) groups excluding carboxylic acids is 1. The highest BCUT2D eigenvalue weighted by atomic mass is 16.2. The summed E-state index contributed by atoms with van der Waals surface area (Å²) in [6, 6.07) is 1.71. The quantitative estimate of drug-likeness (QED) is 0.743. The molecule has 0 spiro atoms. The van der Waals surface area contributed by atoms with Gasteiger partial charge in [0, 0.05) is 26.2 Å². The van der Waals surface area contributed by atoms with E-state index in [1.54, 1.807) is 17.9 Å². The van der Waals surface area contributed by atoms with Crippen molar-refractivity contribution in [2.75, 3.05) is 37.3 Å². The molecule has 1 fully saturated rings. The van der Waals surface area contributed by atoms with Gasteiger partial charge >= 0.3 is 0 Å². The minimum atomic E-state index is 0.109. The number of anilines is 2. The van der Waals surface area contributed by atoms with Gasteiger partial charge in [-0.05, 0) is 13.3 Å². The number of likely N-dealkylation sites (N-methyl/N-ethyl adjacent to an activating group) is 1. The van der Waals surface area contributed by atoms with E-state index < -0.39 is 0 Å². The number of nitrogen functional groups attached to an aromatic ring is 1. The van der Waals surface area contributed by atoms with Gasteiger partial charge in [-0.2, -0.15) is 0 Å². The molecule has 2 N–H and O–H groups in total. The fraction of sp³-hybridized carbons (Fsp3) is 0.545. The summed E-state index contributed by atoms with van der Waals surface area (Å²) in [6.07, 6.45) is 0.936. The third-order valence-electron chi connectivity index (χ3n) is 2.84. The zero-order valence-corrected chi connectivity index (χ0v) is 10.2. The fourth-order valence-corrected chi connectivity index (χ4v) is 1.92. The van der Waals surface area contributed by atoms with E-state index in [-0.39, 0.29) is 5.91 Å². The van der Waals surface area contributed by atoms with Crippen molar-refractivity contribution >= 4 is 17.5 Å². The molecular formula is C11H17N5O. The Bertz CT molecular complexity index is 414. The molecule has 0 atom stereocenters. The Balaban J connectivity index is 2.23. The normalized spacial score (nSPS) is 17.2. The molecule has 2 heterocycles. The van der Waals surface area contributed by atoms with E-state index >= 15 is 0 Å². The van der Waals surface area contributed by atoms with Crippen LogP contribution in [-0.2, 0) is 4.79 Å². The number of nitrogens with zero attached hydrogens (tertiary/aromatic N) is 4. The smallest absolute Gasteiger partial charge is 0.241 e. The van der Waals surface area contributed by atoms with Gasteiger partial charge in [0.1, 0.15) is 17.5 Å². The van der Waals surface area contributed by atoms with Gasteiger partial charge in [-0.1, -0.05) is 0 Å². The van der Waals surface area contributed by atoms with Crippen LogP contribution >= 0.6 is 0 Å². The highest BCUT2D eigenvalue weighted by molar-refractivity contribution is 5.81. The van der Waals surface area contributed by atoms with Crippen molar-refractivity contribution in [2.45, 2.75) is 13.3 Å². The highest BCUT2D eigenvalue weighted by Crippen LogP contribution is 2.16. The largest absolute Gasteiger partial charge is 0.384 e. The molecule has 1 saturated heterocycles. The van der Waals surface area contributed by atoms with Crippen LogP contribution in [0.3, 0.4) is 0 Å². The molecule has 6 nitrogen and oxygen atoms in total. The van der Waals surface area contributed by atoms with Crippen molar-refractivity contribution in [3.05, 3.63) is 11.9 Å². The number of carbonyl (C=O) groups is 1. The molecule has 1 aliphatic heterocycles. The van der Waals surface area contributed by atoms with Crippen LogP contribution in [0.1, 0.15) is 12.2 Å². The van der Waals surface area contributed by atoms with Crippen molar-refractivity contribution in [1.82, 2.24) is 14.9 Å². The highest BCUT2D eigenvalue weighted by Gasteiger charge is 2.20. The molecule has 0 saturated carbocycles. The predicted molar refractivity (Wildman–Crippen MR) is 65.6 cm³/mol. The minimum absolute atomic E-state index is 0.109. The van der Waals surface area contributed by atoms with Crippen molar-refractivity contribution in [1.29, 1.82) is 0 Å². The molecule has 0 unspecified atom stereocenters. The van der Waals surface area contributed by atoms with Gasteiger partial charge in [-0.25, -0.2) is 9.97 Å². The third-order valence-corrected chi connectivity index (χ3v) is 2.84. The number of rotatable bonds is 1. The van der Waals surface area contributed by atoms with E-state index in [9.17, 15) is 4.79 Å². The average Bonchev–Trinajstić information content (AvgIpc) is 2.40. The molecule has 92 valence electrons. The monoisotopic (exact) mass is 235 g/mol. The summed E-state index contributed by atoms with van der Waals surface area (Å²) >= 11 is 0. The predicted octanol–water partition coefficient (Wildman–Crippen LogP) is 0.0357. The third kappa shape index (κ3) is 2.64. The van der Waals surface area contributed by atoms with Crippen LogP contribution in [0.4, 0.5) is 11.6 Å². The van der Waals surface area contributed by atoms with E-state index in [4.69, 9.17) is 5.73 Å². The maximum absolute atomic E-state index is 11.8. The van der Waals surface area contributed by atoms with Crippen molar-refractivity contribution < 1.29 is 4.79 Å². The molecule has 1 aromatic rings. The van der Waals surface area contributed by atoms with Crippen LogP contribution < -0.4 is 10.6 Å². The second-order valence-corrected chi connectivity index (χ2v) is 4.29. The van der Waals surface area contributed by atoms with Gasteiger partial charge < -0.3 is 15.5 Å². The lowest BCUT2D eigenvalue weighted by molar-refractivity contribution is -0.127. The number of nitrogens with two attached hydrogens (primary N) is 1. The van der Waals surface area contributed by atoms with Gasteiger partial charge in [0.25, 0.3) is 0 Å². The van der Waals surface area contributed by atoms with Crippen molar-refractivity contribution in [3.63, 3.8) is 0 Å². The molecule has 0 aliphatic carbocycles. The van der Waals surface area contributed by atoms with Gasteiger partial charge in [-0.3, -0.25) is 4.79 Å². The summed E-state index contributed by atoms with van der Waals surface area (Å²) < 4.78 is 0. The summed E-state index contributed by atoms with van der Waals surface area (Å²) in [5.74, 6) is 1.92. The molecule has 0 radical (unpaired) electrons. The lowest BCUT2D eigenvalue weighted by atomic mass is 10.3. The van der Waals surface area contributed by atoms with Gasteiger partial charge in [0.15, 0.2) is 0 Å². The lowest BCUT2D eigenvalue weighted by Crippen LogP contribution is -2.34. The van der Waals surface area contributed by atoms with Crippen LogP contribution in [0.15, 0.2) is 6.07 Å². The first kappa shape index (κ1) is 11.6. The zero-order valence-electron chi connectivity index (χ0n) is 10.2. The Labute approximate surface area is 100 Å². The Morgan fingerprint density at radius 1 is 1.35 bits per heavy atom. The first-order chi connectivity index (χ1) is 8.06. The summed E-state index contributed by atoms with van der Waals surface area (Å²) in [4.78, 5) is 23.8. The van der Waals surface area contributed by atoms with Gasteiger partial charge in [-0.15, -0.1) is 0 Å². The number of hydrogen-bond acceptors (Lipinski definition) is 5. The van der Waals surface area contributed by atoms with E-state index in [0.717, 1.165) is 25.3 Å². The Kier molecular flexibility index (Phi) is 3.12. The SMILES string of the molecule is Cc1nc(N)cc(N2CCCN(C)C(=O)C2)n1. The van der Waals surface area contributed by atoms with E-state index in [2.05, 4.69) is 9.97 Å². The number of aromatic nitrogens is 2. The first-order valence-corrected chi connectivity index (χ1v) is 5.66. The van der Waals surface area contributed by atoms with Crippen LogP contribution in [0, 0.1) is 6.92 Å². The van der Waals surface area contributed by atoms with Crippen LogP contribution in [0.2, 0.25) is 0 Å². The second kappa shape index (κ2) is 4.57. The molecule has 2 rings (SSSR count). The Morgan fingerprint density at radius 2 is 2.12 bits per heavy atom.